The first-order valence-corrected chi connectivity index (χ1v) is 6.49. The predicted molar refractivity (Wildman–Crippen MR) is 75.7 cm³/mol. The zero-order valence-electron chi connectivity index (χ0n) is 11.7. The maximum absolute atomic E-state index is 11.1. The highest BCUT2D eigenvalue weighted by Crippen LogP contribution is 2.25. The van der Waals surface area contributed by atoms with Crippen LogP contribution in [0.1, 0.15) is 28.5 Å². The lowest BCUT2D eigenvalue weighted by molar-refractivity contribution is 0.101. The molecule has 1 aromatic heterocycles. The number of rotatable bonds is 3. The van der Waals surface area contributed by atoms with E-state index in [-0.39, 0.29) is 17.4 Å². The van der Waals surface area contributed by atoms with Crippen LogP contribution < -0.4 is 10.2 Å². The third-order valence-corrected chi connectivity index (χ3v) is 3.40. The highest BCUT2D eigenvalue weighted by molar-refractivity contribution is 6.62. The summed E-state index contributed by atoms with van der Waals surface area (Å²) in [7, 11) is -0.922. The summed E-state index contributed by atoms with van der Waals surface area (Å²) in [6, 6.07) is 3.65. The van der Waals surface area contributed by atoms with Crippen molar-refractivity contribution in [2.75, 3.05) is 0 Å². The van der Waals surface area contributed by atoms with Gasteiger partial charge in [-0.15, -0.1) is 0 Å². The van der Waals surface area contributed by atoms with E-state index in [0.29, 0.717) is 12.4 Å². The van der Waals surface area contributed by atoms with Crippen molar-refractivity contribution in [3.63, 3.8) is 0 Å². The monoisotopic (exact) mass is 284 g/mol. The van der Waals surface area contributed by atoms with Crippen LogP contribution in [0.3, 0.4) is 0 Å². The average Bonchev–Trinajstić information content (AvgIpc) is 2.85. The van der Waals surface area contributed by atoms with Gasteiger partial charge in [0.1, 0.15) is 11.4 Å². The fraction of sp³-hybridized carbons (Fsp3) is 0.214. The van der Waals surface area contributed by atoms with E-state index in [0.717, 1.165) is 16.6 Å². The number of aromatic nitrogens is 2. The second-order valence-corrected chi connectivity index (χ2v) is 4.82. The van der Waals surface area contributed by atoms with Gasteiger partial charge in [-0.05, 0) is 29.6 Å². The fourth-order valence-corrected chi connectivity index (χ4v) is 2.26. The molecule has 2 aromatic rings. The Labute approximate surface area is 121 Å². The number of hydrogen-bond acceptors (Lipinski definition) is 6. The summed E-state index contributed by atoms with van der Waals surface area (Å²) < 4.78 is 10.9. The van der Waals surface area contributed by atoms with Crippen LogP contribution in [0, 0.1) is 6.92 Å². The first-order chi connectivity index (χ1) is 10.1. The zero-order chi connectivity index (χ0) is 15.0. The number of carbonyl (C=O) groups is 1. The average molecular weight is 284 g/mol. The molecule has 6 nitrogen and oxygen atoms in total. The molecule has 0 radical (unpaired) electrons. The molecule has 2 heterocycles. The van der Waals surface area contributed by atoms with Gasteiger partial charge in [0.25, 0.3) is 0 Å². The molecule has 0 atom stereocenters. The normalized spacial score (nSPS) is 13.2. The predicted octanol–water partition coefficient (Wildman–Crippen LogP) is 0.998. The smallest absolute Gasteiger partial charge is 0.437 e. The van der Waals surface area contributed by atoms with E-state index in [2.05, 4.69) is 9.97 Å². The lowest BCUT2D eigenvalue weighted by atomic mass is 9.76. The Morgan fingerprint density at radius 1 is 1.38 bits per heavy atom. The quantitative estimate of drug-likeness (QED) is 0.669. The number of ether oxygens (including phenoxy) is 1. The molecule has 106 valence electrons. The van der Waals surface area contributed by atoms with Gasteiger partial charge in [0.2, 0.25) is 5.88 Å². The minimum Gasteiger partial charge on any atom is -0.437 e. The minimum atomic E-state index is -0.922. The second kappa shape index (κ2) is 5.27. The molecular weight excluding hydrogens is 271 g/mol. The molecule has 3 rings (SSSR count). The lowest BCUT2D eigenvalue weighted by Gasteiger charge is -2.11. The third kappa shape index (κ3) is 2.53. The van der Waals surface area contributed by atoms with Crippen molar-refractivity contribution in [3.05, 3.63) is 41.3 Å². The maximum Gasteiger partial charge on any atom is 0.492 e. The van der Waals surface area contributed by atoms with E-state index in [1.165, 1.54) is 19.3 Å². The molecule has 0 aliphatic carbocycles. The summed E-state index contributed by atoms with van der Waals surface area (Å²) in [5, 5.41) is 9.81. The van der Waals surface area contributed by atoms with Crippen LogP contribution in [0.15, 0.2) is 24.5 Å². The number of benzene rings is 1. The standard InChI is InChI=1S/C14H13BN2O4/c1-8-12(4-3-10-7-20-15(19)14(8)10)21-13-6-16-11(5-17-13)9(2)18/h3-6,19H,7H2,1-2H3. The molecule has 0 saturated carbocycles. The van der Waals surface area contributed by atoms with Crippen LogP contribution >= 0.6 is 0 Å². The number of Topliss-reactive ketones (excluding diaryl/α,β-unsaturated/α-hetero) is 1. The number of hydrogen-bond donors (Lipinski definition) is 1. The Hall–Kier alpha value is -2.25. The van der Waals surface area contributed by atoms with E-state index in [1.54, 1.807) is 6.07 Å². The summed E-state index contributed by atoms with van der Waals surface area (Å²) in [6.45, 7) is 3.67. The van der Waals surface area contributed by atoms with Crippen molar-refractivity contribution in [1.29, 1.82) is 0 Å². The number of ketones is 1. The second-order valence-electron chi connectivity index (χ2n) is 4.82. The summed E-state index contributed by atoms with van der Waals surface area (Å²) in [6.07, 6.45) is 2.77. The Morgan fingerprint density at radius 2 is 2.19 bits per heavy atom. The largest absolute Gasteiger partial charge is 0.492 e. The first kappa shape index (κ1) is 13.7. The van der Waals surface area contributed by atoms with E-state index < -0.39 is 7.12 Å². The number of fused-ring (bicyclic) bond motifs is 1. The summed E-state index contributed by atoms with van der Waals surface area (Å²) in [5.41, 5.74) is 2.78. The first-order valence-electron chi connectivity index (χ1n) is 6.49. The fourth-order valence-electron chi connectivity index (χ4n) is 2.26. The van der Waals surface area contributed by atoms with Crippen molar-refractivity contribution in [2.45, 2.75) is 20.5 Å². The van der Waals surface area contributed by atoms with Crippen molar-refractivity contribution in [1.82, 2.24) is 9.97 Å². The van der Waals surface area contributed by atoms with Gasteiger partial charge in [-0.2, -0.15) is 0 Å². The van der Waals surface area contributed by atoms with Crippen molar-refractivity contribution in [2.24, 2.45) is 0 Å². The Bertz CT molecular complexity index is 703. The summed E-state index contributed by atoms with van der Waals surface area (Å²) >= 11 is 0. The summed E-state index contributed by atoms with van der Waals surface area (Å²) in [5.74, 6) is 0.711. The number of carbonyl (C=O) groups excluding carboxylic acids is 1. The molecule has 0 bridgehead atoms. The van der Waals surface area contributed by atoms with Crippen LogP contribution in [0.4, 0.5) is 0 Å². The lowest BCUT2D eigenvalue weighted by Crippen LogP contribution is -2.30. The van der Waals surface area contributed by atoms with Gasteiger partial charge in [-0.3, -0.25) is 4.79 Å². The SMILES string of the molecule is CC(=O)c1cnc(Oc2ccc3c(c2C)B(O)OC3)cn1. The van der Waals surface area contributed by atoms with E-state index >= 15 is 0 Å². The molecule has 7 heteroatoms. The third-order valence-electron chi connectivity index (χ3n) is 3.40. The topological polar surface area (TPSA) is 81.5 Å². The van der Waals surface area contributed by atoms with Crippen LogP contribution in [-0.4, -0.2) is 27.9 Å². The van der Waals surface area contributed by atoms with Crippen molar-refractivity contribution >= 4 is 18.4 Å². The molecule has 1 aliphatic heterocycles. The molecule has 0 fully saturated rings. The maximum atomic E-state index is 11.1. The summed E-state index contributed by atoms with van der Waals surface area (Å²) in [4.78, 5) is 19.2. The Kier molecular flexibility index (Phi) is 3.44. The molecular formula is C14H13BN2O4. The highest BCUT2D eigenvalue weighted by atomic mass is 16.5. The molecule has 1 aliphatic rings. The molecule has 1 aromatic carbocycles. The molecule has 0 amide bonds. The molecule has 0 spiro atoms. The van der Waals surface area contributed by atoms with Gasteiger partial charge in [0.05, 0.1) is 19.0 Å². The van der Waals surface area contributed by atoms with Crippen molar-refractivity contribution in [3.8, 4) is 11.6 Å². The van der Waals surface area contributed by atoms with Gasteiger partial charge in [0, 0.05) is 6.92 Å². The van der Waals surface area contributed by atoms with Crippen LogP contribution in [-0.2, 0) is 11.3 Å². The van der Waals surface area contributed by atoms with Gasteiger partial charge >= 0.3 is 7.12 Å². The highest BCUT2D eigenvalue weighted by Gasteiger charge is 2.30. The number of nitrogens with zero attached hydrogens (tertiary/aromatic N) is 2. The van der Waals surface area contributed by atoms with Crippen LogP contribution in [0.5, 0.6) is 11.6 Å². The zero-order valence-corrected chi connectivity index (χ0v) is 11.7. The van der Waals surface area contributed by atoms with Gasteiger partial charge in [-0.1, -0.05) is 6.07 Å². The van der Waals surface area contributed by atoms with E-state index in [9.17, 15) is 9.82 Å². The molecule has 0 saturated heterocycles. The van der Waals surface area contributed by atoms with E-state index in [4.69, 9.17) is 9.39 Å². The van der Waals surface area contributed by atoms with Gasteiger partial charge < -0.3 is 14.4 Å². The minimum absolute atomic E-state index is 0.150. The Morgan fingerprint density at radius 3 is 2.86 bits per heavy atom. The molecule has 0 unspecified atom stereocenters. The Balaban J connectivity index is 1.89. The van der Waals surface area contributed by atoms with E-state index in [1.807, 2.05) is 13.0 Å². The van der Waals surface area contributed by atoms with Gasteiger partial charge in [-0.25, -0.2) is 9.97 Å². The molecule has 1 N–H and O–H groups in total. The van der Waals surface area contributed by atoms with Crippen LogP contribution in [0.25, 0.3) is 0 Å². The van der Waals surface area contributed by atoms with Crippen LogP contribution in [0.2, 0.25) is 0 Å². The van der Waals surface area contributed by atoms with Crippen molar-refractivity contribution < 1.29 is 19.2 Å². The van der Waals surface area contributed by atoms with Gasteiger partial charge in [0.15, 0.2) is 5.78 Å². The molecule has 21 heavy (non-hydrogen) atoms.